The fraction of sp³-hybridized carbons (Fsp3) is 0.118. The Balaban J connectivity index is 1.67. The van der Waals surface area contributed by atoms with Crippen LogP contribution < -0.4 is 20.6 Å². The van der Waals surface area contributed by atoms with Crippen molar-refractivity contribution in [1.82, 2.24) is 4.57 Å². The number of pyridine rings is 1. The molecule has 0 saturated heterocycles. The highest BCUT2D eigenvalue weighted by atomic mass is 16.5. The Labute approximate surface area is 139 Å². The second-order valence-electron chi connectivity index (χ2n) is 5.27. The van der Waals surface area contributed by atoms with Crippen molar-refractivity contribution in [3.63, 3.8) is 0 Å². The summed E-state index contributed by atoms with van der Waals surface area (Å²) in [5, 5.41) is 7.32. The van der Waals surface area contributed by atoms with Crippen molar-refractivity contribution in [2.24, 2.45) is 28.7 Å². The highest BCUT2D eigenvalue weighted by Crippen LogP contribution is 2.14. The predicted octanol–water partition coefficient (Wildman–Crippen LogP) is 0.950. The molecule has 24 heavy (non-hydrogen) atoms. The minimum absolute atomic E-state index is 0.0703. The van der Waals surface area contributed by atoms with E-state index in [2.05, 4.69) is 31.4 Å². The topological polar surface area (TPSA) is 95.0 Å². The Kier molecular flexibility index (Phi) is 4.42. The van der Waals surface area contributed by atoms with E-state index in [1.807, 2.05) is 49.6 Å². The molecule has 0 amide bonds. The minimum atomic E-state index is -0.0703. The largest absolute Gasteiger partial charge is 0.485 e. The van der Waals surface area contributed by atoms with Gasteiger partial charge in [0.15, 0.2) is 12.3 Å². The van der Waals surface area contributed by atoms with Gasteiger partial charge >= 0.3 is 0 Å². The number of imidazole rings is 1. The van der Waals surface area contributed by atoms with Crippen molar-refractivity contribution >= 4 is 17.8 Å². The SMILES string of the molecule is Cn1c(COc2ccc(/C=N/N=C(N)N)cc2)c[n+]2ccccc12. The van der Waals surface area contributed by atoms with E-state index in [1.165, 1.54) is 0 Å². The summed E-state index contributed by atoms with van der Waals surface area (Å²) in [5.74, 6) is 0.711. The maximum absolute atomic E-state index is 5.85. The summed E-state index contributed by atoms with van der Waals surface area (Å²) in [5.41, 5.74) is 13.5. The van der Waals surface area contributed by atoms with Crippen molar-refractivity contribution < 1.29 is 9.14 Å². The van der Waals surface area contributed by atoms with Gasteiger partial charge in [-0.2, -0.15) is 5.10 Å². The van der Waals surface area contributed by atoms with Gasteiger partial charge < -0.3 is 16.2 Å². The lowest BCUT2D eigenvalue weighted by Gasteiger charge is -2.04. The average molecular weight is 323 g/mol. The number of ether oxygens (including phenoxy) is 1. The van der Waals surface area contributed by atoms with Crippen LogP contribution in [0, 0.1) is 0 Å². The molecule has 0 bridgehead atoms. The molecule has 0 fully saturated rings. The van der Waals surface area contributed by atoms with Crippen LogP contribution in [0.2, 0.25) is 0 Å². The summed E-state index contributed by atoms with van der Waals surface area (Å²) in [6.07, 6.45) is 5.65. The first-order chi connectivity index (χ1) is 11.6. The molecule has 3 aromatic rings. The number of nitrogens with zero attached hydrogens (tertiary/aromatic N) is 4. The van der Waals surface area contributed by atoms with Crippen LogP contribution in [0.1, 0.15) is 11.3 Å². The third-order valence-corrected chi connectivity index (χ3v) is 3.58. The van der Waals surface area contributed by atoms with E-state index < -0.39 is 0 Å². The number of fused-ring (bicyclic) bond motifs is 1. The van der Waals surface area contributed by atoms with Crippen molar-refractivity contribution in [1.29, 1.82) is 0 Å². The van der Waals surface area contributed by atoms with E-state index in [1.54, 1.807) is 6.21 Å². The Bertz CT molecular complexity index is 891. The molecule has 0 aliphatic carbocycles. The van der Waals surface area contributed by atoms with E-state index >= 15 is 0 Å². The van der Waals surface area contributed by atoms with Gasteiger partial charge in [-0.25, -0.2) is 8.97 Å². The van der Waals surface area contributed by atoms with Crippen molar-refractivity contribution in [2.75, 3.05) is 0 Å². The number of aryl methyl sites for hydroxylation is 1. The van der Waals surface area contributed by atoms with Crippen molar-refractivity contribution in [2.45, 2.75) is 6.61 Å². The number of hydrogen-bond acceptors (Lipinski definition) is 3. The first-order valence-electron chi connectivity index (χ1n) is 7.43. The van der Waals surface area contributed by atoms with Gasteiger partial charge in [0.05, 0.1) is 19.5 Å². The standard InChI is InChI=1S/C17H19N6O/c1-22-14(11-23-9-3-2-4-16(22)23)12-24-15-7-5-13(6-8-15)10-20-21-17(18)19/h2-11H,12H2,1H3,(H4,18,19,21)/q+1/b20-10+. The van der Waals surface area contributed by atoms with Gasteiger partial charge in [0.1, 0.15) is 11.9 Å². The molecule has 0 atom stereocenters. The normalized spacial score (nSPS) is 11.0. The molecular weight excluding hydrogens is 304 g/mol. The van der Waals surface area contributed by atoms with Crippen LogP contribution in [0.5, 0.6) is 5.75 Å². The number of benzene rings is 1. The van der Waals surface area contributed by atoms with E-state index in [4.69, 9.17) is 16.2 Å². The molecule has 1 aromatic carbocycles. The van der Waals surface area contributed by atoms with Crippen LogP contribution in [0.15, 0.2) is 65.1 Å². The number of aromatic nitrogens is 2. The smallest absolute Gasteiger partial charge is 0.286 e. The summed E-state index contributed by atoms with van der Waals surface area (Å²) in [7, 11) is 2.03. The quantitative estimate of drug-likeness (QED) is 0.317. The van der Waals surface area contributed by atoms with Gasteiger partial charge in [0.25, 0.3) is 5.65 Å². The van der Waals surface area contributed by atoms with Crippen LogP contribution in [0.4, 0.5) is 0 Å². The average Bonchev–Trinajstić information content (AvgIpc) is 2.90. The zero-order chi connectivity index (χ0) is 16.9. The third-order valence-electron chi connectivity index (χ3n) is 3.58. The molecule has 0 spiro atoms. The van der Waals surface area contributed by atoms with Crippen LogP contribution in [-0.4, -0.2) is 16.7 Å². The minimum Gasteiger partial charge on any atom is -0.485 e. The van der Waals surface area contributed by atoms with Gasteiger partial charge in [-0.1, -0.05) is 6.07 Å². The molecule has 122 valence electrons. The second kappa shape index (κ2) is 6.82. The molecule has 0 aliphatic heterocycles. The monoisotopic (exact) mass is 323 g/mol. The van der Waals surface area contributed by atoms with Crippen LogP contribution in [-0.2, 0) is 13.7 Å². The molecular formula is C17H19N6O+. The molecule has 7 nitrogen and oxygen atoms in total. The zero-order valence-electron chi connectivity index (χ0n) is 13.3. The molecule has 2 heterocycles. The Morgan fingerprint density at radius 3 is 2.71 bits per heavy atom. The summed E-state index contributed by atoms with van der Waals surface area (Å²) in [6.45, 7) is 0.486. The number of guanidine groups is 1. The third kappa shape index (κ3) is 3.52. The molecule has 2 aromatic heterocycles. The molecule has 0 aliphatic rings. The predicted molar refractivity (Wildman–Crippen MR) is 92.8 cm³/mol. The molecule has 3 rings (SSSR count). The van der Waals surface area contributed by atoms with Crippen molar-refractivity contribution in [3.05, 3.63) is 66.1 Å². The Hall–Kier alpha value is -3.35. The highest BCUT2D eigenvalue weighted by Gasteiger charge is 2.13. The Morgan fingerprint density at radius 2 is 2.00 bits per heavy atom. The fourth-order valence-electron chi connectivity index (χ4n) is 2.34. The lowest BCUT2D eigenvalue weighted by Crippen LogP contribution is -2.21. The maximum atomic E-state index is 5.85. The van der Waals surface area contributed by atoms with E-state index in [0.29, 0.717) is 6.61 Å². The van der Waals surface area contributed by atoms with Crippen LogP contribution in [0.25, 0.3) is 5.65 Å². The lowest BCUT2D eigenvalue weighted by molar-refractivity contribution is -0.511. The van der Waals surface area contributed by atoms with Crippen molar-refractivity contribution in [3.8, 4) is 5.75 Å². The number of hydrogen-bond donors (Lipinski definition) is 2. The molecule has 0 unspecified atom stereocenters. The summed E-state index contributed by atoms with van der Waals surface area (Å²) < 4.78 is 10.0. The van der Waals surface area contributed by atoms with Crippen LogP contribution >= 0.6 is 0 Å². The fourth-order valence-corrected chi connectivity index (χ4v) is 2.34. The summed E-state index contributed by atoms with van der Waals surface area (Å²) in [6, 6.07) is 13.6. The van der Waals surface area contributed by atoms with Gasteiger partial charge in [0.2, 0.25) is 5.96 Å². The van der Waals surface area contributed by atoms with Gasteiger partial charge in [-0.05, 0) is 35.9 Å². The number of rotatable bonds is 5. The van der Waals surface area contributed by atoms with Crippen LogP contribution in [0.3, 0.4) is 0 Å². The highest BCUT2D eigenvalue weighted by molar-refractivity contribution is 5.81. The number of nitrogens with two attached hydrogens (primary N) is 2. The first-order valence-corrected chi connectivity index (χ1v) is 7.43. The summed E-state index contributed by atoms with van der Waals surface area (Å²) >= 11 is 0. The van der Waals surface area contributed by atoms with E-state index in [-0.39, 0.29) is 5.96 Å². The first kappa shape index (κ1) is 15.5. The van der Waals surface area contributed by atoms with Gasteiger partial charge in [-0.15, -0.1) is 5.10 Å². The molecule has 4 N–H and O–H groups in total. The van der Waals surface area contributed by atoms with E-state index in [0.717, 1.165) is 22.7 Å². The molecule has 0 saturated carbocycles. The summed E-state index contributed by atoms with van der Waals surface area (Å²) in [4.78, 5) is 0. The lowest BCUT2D eigenvalue weighted by atomic mass is 10.2. The Morgan fingerprint density at radius 1 is 1.21 bits per heavy atom. The molecule has 0 radical (unpaired) electrons. The van der Waals surface area contributed by atoms with Gasteiger partial charge in [-0.3, -0.25) is 0 Å². The second-order valence-corrected chi connectivity index (χ2v) is 5.27. The zero-order valence-corrected chi connectivity index (χ0v) is 13.3. The van der Waals surface area contributed by atoms with E-state index in [9.17, 15) is 0 Å². The maximum Gasteiger partial charge on any atom is 0.286 e. The van der Waals surface area contributed by atoms with Gasteiger partial charge in [0, 0.05) is 6.07 Å². The molecule has 7 heteroatoms.